The predicted molar refractivity (Wildman–Crippen MR) is 91.9 cm³/mol. The number of H-pyrrole nitrogens is 1. The van der Waals surface area contributed by atoms with E-state index in [0.29, 0.717) is 10.7 Å². The fourth-order valence-corrected chi connectivity index (χ4v) is 5.00. The van der Waals surface area contributed by atoms with E-state index < -0.39 is 0 Å². The summed E-state index contributed by atoms with van der Waals surface area (Å²) < 4.78 is 2.80. The molecule has 1 aliphatic heterocycles. The van der Waals surface area contributed by atoms with E-state index in [9.17, 15) is 4.79 Å². The van der Waals surface area contributed by atoms with E-state index in [-0.39, 0.29) is 17.9 Å². The number of nitrogens with one attached hydrogen (secondary N) is 1. The number of nitrogens with zero attached hydrogens (tertiary/aromatic N) is 3. The van der Waals surface area contributed by atoms with Crippen molar-refractivity contribution in [2.24, 2.45) is 17.8 Å². The monoisotopic (exact) mass is 334 g/mol. The molecule has 2 atom stereocenters. The van der Waals surface area contributed by atoms with Crippen LogP contribution in [0, 0.1) is 22.5 Å². The molecule has 126 valence electrons. The highest BCUT2D eigenvalue weighted by molar-refractivity contribution is 7.71. The zero-order chi connectivity index (χ0) is 16.0. The number of anilines is 1. The lowest BCUT2D eigenvalue weighted by molar-refractivity contribution is -0.126. The molecular weight excluding hydrogens is 308 g/mol. The minimum Gasteiger partial charge on any atom is -0.282 e. The van der Waals surface area contributed by atoms with Crippen LogP contribution in [0.1, 0.15) is 64.3 Å². The SMILES string of the molecule is CC1CCC(CN2C(=O)C3CCCCC3n3c2n[nH]c3=S)CC1. The maximum Gasteiger partial charge on any atom is 0.234 e. The Morgan fingerprint density at radius 3 is 2.70 bits per heavy atom. The Balaban J connectivity index is 1.63. The van der Waals surface area contributed by atoms with Crippen LogP contribution >= 0.6 is 12.2 Å². The zero-order valence-electron chi connectivity index (χ0n) is 13.8. The van der Waals surface area contributed by atoms with Crippen molar-refractivity contribution in [3.63, 3.8) is 0 Å². The van der Waals surface area contributed by atoms with E-state index >= 15 is 0 Å². The van der Waals surface area contributed by atoms with Crippen LogP contribution in [0.4, 0.5) is 5.95 Å². The molecule has 3 aliphatic rings. The molecule has 0 saturated heterocycles. The van der Waals surface area contributed by atoms with Crippen LogP contribution in [0.25, 0.3) is 0 Å². The fraction of sp³-hybridized carbons (Fsp3) is 0.824. The maximum absolute atomic E-state index is 13.1. The van der Waals surface area contributed by atoms with Gasteiger partial charge in [-0.25, -0.2) is 5.10 Å². The third-order valence-corrected chi connectivity index (χ3v) is 6.44. The van der Waals surface area contributed by atoms with Gasteiger partial charge in [0.05, 0.1) is 12.0 Å². The van der Waals surface area contributed by atoms with Gasteiger partial charge in [0, 0.05) is 6.54 Å². The molecule has 1 aromatic heterocycles. The number of fused-ring (bicyclic) bond motifs is 3. The van der Waals surface area contributed by atoms with E-state index in [1.807, 2.05) is 4.90 Å². The van der Waals surface area contributed by atoms with E-state index in [4.69, 9.17) is 12.2 Å². The number of amides is 1. The molecule has 5 nitrogen and oxygen atoms in total. The van der Waals surface area contributed by atoms with Crippen molar-refractivity contribution in [3.8, 4) is 0 Å². The van der Waals surface area contributed by atoms with Crippen LogP contribution < -0.4 is 4.90 Å². The van der Waals surface area contributed by atoms with Gasteiger partial charge in [0.15, 0.2) is 4.77 Å². The Morgan fingerprint density at radius 2 is 1.91 bits per heavy atom. The van der Waals surface area contributed by atoms with E-state index in [2.05, 4.69) is 21.7 Å². The zero-order valence-corrected chi connectivity index (χ0v) is 14.6. The van der Waals surface area contributed by atoms with E-state index in [1.165, 1.54) is 32.1 Å². The van der Waals surface area contributed by atoms with Crippen LogP contribution in [0.2, 0.25) is 0 Å². The first-order valence-corrected chi connectivity index (χ1v) is 9.54. The molecule has 0 bridgehead atoms. The van der Waals surface area contributed by atoms with Crippen molar-refractivity contribution in [1.82, 2.24) is 14.8 Å². The number of carbonyl (C=O) groups excluding carboxylic acids is 1. The summed E-state index contributed by atoms with van der Waals surface area (Å²) in [6, 6.07) is 0.222. The number of hydrogen-bond acceptors (Lipinski definition) is 3. The predicted octanol–water partition coefficient (Wildman–Crippen LogP) is 3.84. The maximum atomic E-state index is 13.1. The molecule has 2 aliphatic carbocycles. The largest absolute Gasteiger partial charge is 0.282 e. The summed E-state index contributed by atoms with van der Waals surface area (Å²) in [7, 11) is 0. The number of carbonyl (C=O) groups is 1. The number of aromatic amines is 1. The molecule has 0 radical (unpaired) electrons. The number of rotatable bonds is 2. The smallest absolute Gasteiger partial charge is 0.234 e. The second-order valence-corrected chi connectivity index (χ2v) is 8.12. The number of hydrogen-bond donors (Lipinski definition) is 1. The molecular formula is C17H26N4OS. The Kier molecular flexibility index (Phi) is 4.03. The van der Waals surface area contributed by atoms with Crippen LogP contribution in [-0.2, 0) is 4.79 Å². The van der Waals surface area contributed by atoms with Crippen molar-refractivity contribution < 1.29 is 4.79 Å². The summed E-state index contributed by atoms with van der Waals surface area (Å²) in [4.78, 5) is 15.0. The number of aromatic nitrogens is 3. The van der Waals surface area contributed by atoms with Gasteiger partial charge in [-0.15, -0.1) is 5.10 Å². The Hall–Kier alpha value is -1.17. The van der Waals surface area contributed by atoms with E-state index in [0.717, 1.165) is 37.7 Å². The molecule has 1 aromatic rings. The highest BCUT2D eigenvalue weighted by Crippen LogP contribution is 2.42. The molecule has 2 heterocycles. The van der Waals surface area contributed by atoms with Crippen molar-refractivity contribution in [1.29, 1.82) is 0 Å². The van der Waals surface area contributed by atoms with Crippen molar-refractivity contribution in [2.75, 3.05) is 11.4 Å². The summed E-state index contributed by atoms with van der Waals surface area (Å²) >= 11 is 5.46. The minimum atomic E-state index is 0.100. The second kappa shape index (κ2) is 6.04. The van der Waals surface area contributed by atoms with Gasteiger partial charge in [0.1, 0.15) is 0 Å². The lowest BCUT2D eigenvalue weighted by atomic mass is 9.80. The minimum absolute atomic E-state index is 0.100. The van der Waals surface area contributed by atoms with Crippen molar-refractivity contribution in [2.45, 2.75) is 64.3 Å². The van der Waals surface area contributed by atoms with Gasteiger partial charge in [0.25, 0.3) is 0 Å². The van der Waals surface area contributed by atoms with Crippen LogP contribution in [0.3, 0.4) is 0 Å². The summed E-state index contributed by atoms with van der Waals surface area (Å²) in [5.74, 6) is 2.59. The first-order chi connectivity index (χ1) is 11.1. The van der Waals surface area contributed by atoms with Gasteiger partial charge in [0.2, 0.25) is 11.9 Å². The molecule has 2 unspecified atom stereocenters. The van der Waals surface area contributed by atoms with Crippen LogP contribution in [-0.4, -0.2) is 27.2 Å². The molecule has 2 fully saturated rings. The highest BCUT2D eigenvalue weighted by Gasteiger charge is 2.43. The van der Waals surface area contributed by atoms with Crippen molar-refractivity contribution >= 4 is 24.1 Å². The first-order valence-electron chi connectivity index (χ1n) is 9.13. The van der Waals surface area contributed by atoms with Gasteiger partial charge >= 0.3 is 0 Å². The molecule has 1 N–H and O–H groups in total. The molecule has 4 rings (SSSR count). The standard InChI is InChI=1S/C17H26N4OS/c1-11-6-8-12(9-7-11)10-20-15(22)13-4-2-3-5-14(13)21-16(20)18-19-17(21)23/h11-14H,2-10H2,1H3,(H,19,23). The van der Waals surface area contributed by atoms with Crippen LogP contribution in [0.5, 0.6) is 0 Å². The van der Waals surface area contributed by atoms with Gasteiger partial charge in [-0.2, -0.15) is 0 Å². The summed E-state index contributed by atoms with van der Waals surface area (Å²) in [6.07, 6.45) is 9.40. The van der Waals surface area contributed by atoms with Gasteiger partial charge in [-0.1, -0.05) is 32.6 Å². The topological polar surface area (TPSA) is 53.9 Å². The first kappa shape index (κ1) is 15.4. The molecule has 0 aromatic carbocycles. The summed E-state index contributed by atoms with van der Waals surface area (Å²) in [5.41, 5.74) is 0. The molecule has 0 spiro atoms. The van der Waals surface area contributed by atoms with Gasteiger partial charge in [-0.05, 0) is 49.7 Å². The highest BCUT2D eigenvalue weighted by atomic mass is 32.1. The van der Waals surface area contributed by atoms with Crippen LogP contribution in [0.15, 0.2) is 0 Å². The average molecular weight is 334 g/mol. The molecule has 6 heteroatoms. The van der Waals surface area contributed by atoms with Gasteiger partial charge < -0.3 is 0 Å². The lowest BCUT2D eigenvalue weighted by Gasteiger charge is -2.41. The Labute approximate surface area is 142 Å². The second-order valence-electron chi connectivity index (χ2n) is 7.73. The lowest BCUT2D eigenvalue weighted by Crippen LogP contribution is -2.49. The van der Waals surface area contributed by atoms with Crippen molar-refractivity contribution in [3.05, 3.63) is 4.77 Å². The third-order valence-electron chi connectivity index (χ3n) is 6.15. The fourth-order valence-electron chi connectivity index (χ4n) is 4.73. The molecule has 2 saturated carbocycles. The summed E-state index contributed by atoms with van der Waals surface area (Å²) in [6.45, 7) is 3.15. The average Bonchev–Trinajstić information content (AvgIpc) is 2.95. The third kappa shape index (κ3) is 2.65. The Bertz CT molecular complexity index is 643. The molecule has 23 heavy (non-hydrogen) atoms. The van der Waals surface area contributed by atoms with E-state index in [1.54, 1.807) is 0 Å². The summed E-state index contributed by atoms with van der Waals surface area (Å²) in [5, 5.41) is 7.34. The Morgan fingerprint density at radius 1 is 1.17 bits per heavy atom. The molecule has 1 amide bonds. The van der Waals surface area contributed by atoms with Gasteiger partial charge in [-0.3, -0.25) is 14.3 Å². The quantitative estimate of drug-likeness (QED) is 0.836. The normalized spacial score (nSPS) is 34.1.